The Hall–Kier alpha value is -1.65. The van der Waals surface area contributed by atoms with E-state index in [9.17, 15) is 4.79 Å². The molecule has 1 aliphatic heterocycles. The number of nitrogens with one attached hydrogen (secondary N) is 1. The fourth-order valence-electron chi connectivity index (χ4n) is 3.17. The first-order valence-corrected chi connectivity index (χ1v) is 7.51. The van der Waals surface area contributed by atoms with Gasteiger partial charge in [-0.15, -0.1) is 0 Å². The van der Waals surface area contributed by atoms with Crippen LogP contribution in [0.5, 0.6) is 0 Å². The van der Waals surface area contributed by atoms with Crippen LogP contribution in [0.15, 0.2) is 24.4 Å². The number of morpholine rings is 1. The fraction of sp³-hybridized carbons (Fsp3) is 0.471. The molecule has 112 valence electrons. The zero-order valence-corrected chi connectivity index (χ0v) is 12.8. The van der Waals surface area contributed by atoms with Crippen molar-refractivity contribution in [2.24, 2.45) is 0 Å². The van der Waals surface area contributed by atoms with E-state index in [1.54, 1.807) is 0 Å². The molecule has 0 unspecified atom stereocenters. The van der Waals surface area contributed by atoms with Crippen LogP contribution in [0.1, 0.15) is 29.8 Å². The lowest BCUT2D eigenvalue weighted by Crippen LogP contribution is -2.47. The van der Waals surface area contributed by atoms with Gasteiger partial charge in [0, 0.05) is 35.8 Å². The molecule has 4 heteroatoms. The predicted molar refractivity (Wildman–Crippen MR) is 83.8 cm³/mol. The minimum Gasteiger partial charge on any atom is -0.373 e. The molecule has 3 rings (SSSR count). The van der Waals surface area contributed by atoms with Crippen molar-refractivity contribution in [2.45, 2.75) is 33.0 Å². The number of rotatable bonds is 3. The third-order valence-electron chi connectivity index (χ3n) is 4.00. The zero-order chi connectivity index (χ0) is 15.0. The van der Waals surface area contributed by atoms with Gasteiger partial charge in [0.2, 0.25) is 0 Å². The van der Waals surface area contributed by atoms with Gasteiger partial charge in [0.1, 0.15) is 0 Å². The van der Waals surface area contributed by atoms with Gasteiger partial charge in [0.05, 0.1) is 18.8 Å². The number of fused-ring (bicyclic) bond motifs is 1. The van der Waals surface area contributed by atoms with Crippen LogP contribution in [0.2, 0.25) is 0 Å². The standard InChI is InChI=1S/C17H22N2O2/c1-11-4-5-16-14(6-11)15(7-18-16)17(20)10-19-8-12(2)21-13(3)9-19/h4-7,12-13,18H,8-10H2,1-3H3/t12-,13-/m1/s1. The average Bonchev–Trinajstić information content (AvgIpc) is 2.80. The second-order valence-corrected chi connectivity index (χ2v) is 6.13. The van der Waals surface area contributed by atoms with Crippen molar-refractivity contribution < 1.29 is 9.53 Å². The number of carbonyl (C=O) groups is 1. The summed E-state index contributed by atoms with van der Waals surface area (Å²) in [4.78, 5) is 18.0. The normalized spacial score (nSPS) is 23.6. The van der Waals surface area contributed by atoms with Gasteiger partial charge in [0.25, 0.3) is 0 Å². The molecule has 1 N–H and O–H groups in total. The molecule has 21 heavy (non-hydrogen) atoms. The molecule has 0 saturated carbocycles. The molecule has 2 heterocycles. The first-order chi connectivity index (χ1) is 10.0. The summed E-state index contributed by atoms with van der Waals surface area (Å²) in [5, 5.41) is 1.02. The predicted octanol–water partition coefficient (Wildman–Crippen LogP) is 2.77. The lowest BCUT2D eigenvalue weighted by atomic mass is 10.1. The number of aromatic nitrogens is 1. The first kappa shape index (κ1) is 14.3. The molecular formula is C17H22N2O2. The van der Waals surface area contributed by atoms with Crippen LogP contribution < -0.4 is 0 Å². The summed E-state index contributed by atoms with van der Waals surface area (Å²) in [6.07, 6.45) is 2.21. The number of hydrogen-bond donors (Lipinski definition) is 1. The van der Waals surface area contributed by atoms with Crippen LogP contribution in [0, 0.1) is 6.92 Å². The number of carbonyl (C=O) groups excluding carboxylic acids is 1. The maximum atomic E-state index is 12.6. The molecule has 0 spiro atoms. The molecule has 0 aliphatic carbocycles. The van der Waals surface area contributed by atoms with Crippen LogP contribution in [-0.4, -0.2) is 47.5 Å². The number of Topliss-reactive ketones (excluding diaryl/α,β-unsaturated/α-hetero) is 1. The number of aryl methyl sites for hydroxylation is 1. The van der Waals surface area contributed by atoms with E-state index in [1.165, 1.54) is 5.56 Å². The van der Waals surface area contributed by atoms with Gasteiger partial charge in [0.15, 0.2) is 5.78 Å². The molecule has 2 aromatic rings. The minimum atomic E-state index is 0.174. The largest absolute Gasteiger partial charge is 0.373 e. The van der Waals surface area contributed by atoms with Crippen LogP contribution in [0.3, 0.4) is 0 Å². The van der Waals surface area contributed by atoms with Gasteiger partial charge in [-0.05, 0) is 32.9 Å². The third-order valence-corrected chi connectivity index (χ3v) is 4.00. The van der Waals surface area contributed by atoms with Crippen molar-refractivity contribution in [3.63, 3.8) is 0 Å². The summed E-state index contributed by atoms with van der Waals surface area (Å²) in [7, 11) is 0. The lowest BCUT2D eigenvalue weighted by molar-refractivity contribution is -0.0652. The molecule has 4 nitrogen and oxygen atoms in total. The van der Waals surface area contributed by atoms with Crippen molar-refractivity contribution in [2.75, 3.05) is 19.6 Å². The number of H-pyrrole nitrogens is 1. The SMILES string of the molecule is Cc1ccc2[nH]cc(C(=O)CN3C[C@@H](C)O[C@H](C)C3)c2c1. The Labute approximate surface area is 125 Å². The fourth-order valence-corrected chi connectivity index (χ4v) is 3.17. The molecule has 1 saturated heterocycles. The molecule has 1 aromatic carbocycles. The molecule has 1 aromatic heterocycles. The molecule has 1 aliphatic rings. The van der Waals surface area contributed by atoms with E-state index in [0.29, 0.717) is 6.54 Å². The molecular weight excluding hydrogens is 264 g/mol. The van der Waals surface area contributed by atoms with Crippen LogP contribution >= 0.6 is 0 Å². The van der Waals surface area contributed by atoms with Crippen LogP contribution in [0.25, 0.3) is 10.9 Å². The van der Waals surface area contributed by atoms with Gasteiger partial charge in [-0.1, -0.05) is 11.6 Å². The summed E-state index contributed by atoms with van der Waals surface area (Å²) >= 11 is 0. The highest BCUT2D eigenvalue weighted by molar-refractivity contribution is 6.08. The number of ether oxygens (including phenoxy) is 1. The minimum absolute atomic E-state index is 0.174. The van der Waals surface area contributed by atoms with Crippen molar-refractivity contribution in [1.29, 1.82) is 0 Å². The van der Waals surface area contributed by atoms with Gasteiger partial charge in [-0.2, -0.15) is 0 Å². The van der Waals surface area contributed by atoms with E-state index in [0.717, 1.165) is 29.6 Å². The van der Waals surface area contributed by atoms with Gasteiger partial charge >= 0.3 is 0 Å². The Morgan fingerprint density at radius 1 is 1.33 bits per heavy atom. The van der Waals surface area contributed by atoms with E-state index in [-0.39, 0.29) is 18.0 Å². The van der Waals surface area contributed by atoms with Crippen molar-refractivity contribution in [1.82, 2.24) is 9.88 Å². The Morgan fingerprint density at radius 3 is 2.76 bits per heavy atom. The summed E-state index contributed by atoms with van der Waals surface area (Å²) in [6, 6.07) is 6.16. The molecule has 0 amide bonds. The number of ketones is 1. The van der Waals surface area contributed by atoms with Crippen LogP contribution in [0.4, 0.5) is 0 Å². The number of hydrogen-bond acceptors (Lipinski definition) is 3. The Balaban J connectivity index is 1.79. The summed E-state index contributed by atoms with van der Waals surface area (Å²) in [6.45, 7) is 8.25. The Bertz CT molecular complexity index is 652. The third kappa shape index (κ3) is 3.01. The monoisotopic (exact) mass is 286 g/mol. The molecule has 2 atom stereocenters. The van der Waals surface area contributed by atoms with Crippen molar-refractivity contribution >= 4 is 16.7 Å². The zero-order valence-electron chi connectivity index (χ0n) is 12.8. The number of nitrogens with zero attached hydrogens (tertiary/aromatic N) is 1. The maximum absolute atomic E-state index is 12.6. The highest BCUT2D eigenvalue weighted by atomic mass is 16.5. The topological polar surface area (TPSA) is 45.3 Å². The highest BCUT2D eigenvalue weighted by Gasteiger charge is 2.24. The second-order valence-electron chi connectivity index (χ2n) is 6.13. The van der Waals surface area contributed by atoms with E-state index < -0.39 is 0 Å². The lowest BCUT2D eigenvalue weighted by Gasteiger charge is -2.34. The Kier molecular flexibility index (Phi) is 3.83. The van der Waals surface area contributed by atoms with Gasteiger partial charge in [-0.25, -0.2) is 0 Å². The molecule has 0 radical (unpaired) electrons. The van der Waals surface area contributed by atoms with E-state index in [1.807, 2.05) is 19.2 Å². The number of benzene rings is 1. The van der Waals surface area contributed by atoms with E-state index in [2.05, 4.69) is 35.9 Å². The van der Waals surface area contributed by atoms with Crippen molar-refractivity contribution in [3.8, 4) is 0 Å². The molecule has 1 fully saturated rings. The highest BCUT2D eigenvalue weighted by Crippen LogP contribution is 2.21. The average molecular weight is 286 g/mol. The van der Waals surface area contributed by atoms with Crippen LogP contribution in [-0.2, 0) is 4.74 Å². The quantitative estimate of drug-likeness (QED) is 0.883. The first-order valence-electron chi connectivity index (χ1n) is 7.51. The molecule has 0 bridgehead atoms. The van der Waals surface area contributed by atoms with E-state index >= 15 is 0 Å². The number of aromatic amines is 1. The maximum Gasteiger partial charge on any atom is 0.178 e. The van der Waals surface area contributed by atoms with Gasteiger partial charge < -0.3 is 9.72 Å². The summed E-state index contributed by atoms with van der Waals surface area (Å²) in [5.74, 6) is 0.174. The smallest absolute Gasteiger partial charge is 0.178 e. The van der Waals surface area contributed by atoms with E-state index in [4.69, 9.17) is 4.74 Å². The summed E-state index contributed by atoms with van der Waals surface area (Å²) < 4.78 is 5.72. The Morgan fingerprint density at radius 2 is 2.05 bits per heavy atom. The second kappa shape index (κ2) is 5.62. The summed E-state index contributed by atoms with van der Waals surface area (Å²) in [5.41, 5.74) is 2.98. The van der Waals surface area contributed by atoms with Gasteiger partial charge in [-0.3, -0.25) is 9.69 Å². The van der Waals surface area contributed by atoms with Crippen molar-refractivity contribution in [3.05, 3.63) is 35.5 Å².